The average Bonchev–Trinajstić information content (AvgIpc) is 2.07. The van der Waals surface area contributed by atoms with E-state index in [4.69, 9.17) is 0 Å². The first-order valence-corrected chi connectivity index (χ1v) is 6.18. The Hall–Kier alpha value is 0.450. The van der Waals surface area contributed by atoms with Gasteiger partial charge in [0.15, 0.2) is 0 Å². The third-order valence-corrected chi connectivity index (χ3v) is 4.04. The lowest BCUT2D eigenvalue weighted by molar-refractivity contribution is -0.138. The summed E-state index contributed by atoms with van der Waals surface area (Å²) in [5.74, 6) is 0. The van der Waals surface area contributed by atoms with Crippen molar-refractivity contribution in [2.24, 2.45) is 0 Å². The number of benzene rings is 1. The van der Waals surface area contributed by atoms with Gasteiger partial charge < -0.3 is 0 Å². The largest absolute Gasteiger partial charge is 0.416 e. The third kappa shape index (κ3) is 2.73. The van der Waals surface area contributed by atoms with Gasteiger partial charge in [0.25, 0.3) is 0 Å². The minimum Gasteiger partial charge on any atom is -0.166 e. The molecule has 6 heteroatoms. The van der Waals surface area contributed by atoms with Crippen molar-refractivity contribution in [3.05, 3.63) is 32.2 Å². The third-order valence-electron chi connectivity index (χ3n) is 1.60. The average molecular weight is 397 g/mol. The molecular weight excluding hydrogens is 393 g/mol. The van der Waals surface area contributed by atoms with Crippen molar-refractivity contribution in [1.82, 2.24) is 0 Å². The number of halogens is 6. The monoisotopic (exact) mass is 394 g/mol. The SMILES string of the molecule is FC(F)(F)c1cc(Br)c(Br)cc1CBr. The predicted molar refractivity (Wildman–Crippen MR) is 59.5 cm³/mol. The summed E-state index contributed by atoms with van der Waals surface area (Å²) < 4.78 is 38.5. The van der Waals surface area contributed by atoms with Crippen LogP contribution in [0.2, 0.25) is 0 Å². The van der Waals surface area contributed by atoms with Crippen LogP contribution in [0.25, 0.3) is 0 Å². The van der Waals surface area contributed by atoms with Gasteiger partial charge in [-0.3, -0.25) is 0 Å². The Kier molecular flexibility index (Phi) is 4.05. The van der Waals surface area contributed by atoms with Crippen LogP contribution in [-0.4, -0.2) is 0 Å². The summed E-state index contributed by atoms with van der Waals surface area (Å²) in [5, 5.41) is 0.174. The molecule has 1 aromatic rings. The van der Waals surface area contributed by atoms with Crippen LogP contribution in [0.3, 0.4) is 0 Å². The van der Waals surface area contributed by atoms with E-state index in [0.717, 1.165) is 6.07 Å². The maximum absolute atomic E-state index is 12.5. The van der Waals surface area contributed by atoms with Gasteiger partial charge in [-0.15, -0.1) is 0 Å². The molecule has 0 amide bonds. The molecule has 14 heavy (non-hydrogen) atoms. The van der Waals surface area contributed by atoms with Gasteiger partial charge in [0.2, 0.25) is 0 Å². The summed E-state index contributed by atoms with van der Waals surface area (Å²) in [7, 11) is 0. The Morgan fingerprint density at radius 3 is 2.00 bits per heavy atom. The Bertz CT molecular complexity index is 346. The van der Waals surface area contributed by atoms with E-state index in [1.165, 1.54) is 6.07 Å². The molecule has 0 aliphatic carbocycles. The topological polar surface area (TPSA) is 0 Å². The lowest BCUT2D eigenvalue weighted by Gasteiger charge is -2.12. The Morgan fingerprint density at radius 2 is 1.57 bits per heavy atom. The maximum atomic E-state index is 12.5. The molecule has 0 spiro atoms. The van der Waals surface area contributed by atoms with Crippen molar-refractivity contribution in [1.29, 1.82) is 0 Å². The summed E-state index contributed by atoms with van der Waals surface area (Å²) in [6.45, 7) is 0. The van der Waals surface area contributed by atoms with Gasteiger partial charge >= 0.3 is 6.18 Å². The number of hydrogen-bond acceptors (Lipinski definition) is 0. The first kappa shape index (κ1) is 12.5. The molecule has 78 valence electrons. The van der Waals surface area contributed by atoms with Gasteiger partial charge in [-0.1, -0.05) is 15.9 Å². The summed E-state index contributed by atoms with van der Waals surface area (Å²) >= 11 is 9.22. The van der Waals surface area contributed by atoms with Crippen molar-refractivity contribution in [3.8, 4) is 0 Å². The fourth-order valence-corrected chi connectivity index (χ4v) is 2.16. The zero-order valence-corrected chi connectivity index (χ0v) is 11.4. The Morgan fingerprint density at radius 1 is 1.07 bits per heavy atom. The molecule has 1 aromatic carbocycles. The quantitative estimate of drug-likeness (QED) is 0.578. The molecule has 0 aliphatic heterocycles. The molecule has 0 unspecified atom stereocenters. The van der Waals surface area contributed by atoms with Gasteiger partial charge in [-0.05, 0) is 49.6 Å². The predicted octanol–water partition coefficient (Wildman–Crippen LogP) is 5.13. The second-order valence-corrected chi connectivity index (χ2v) is 4.82. The summed E-state index contributed by atoms with van der Waals surface area (Å²) in [4.78, 5) is 0. The molecule has 0 atom stereocenters. The van der Waals surface area contributed by atoms with Crippen LogP contribution in [-0.2, 0) is 11.5 Å². The highest BCUT2D eigenvalue weighted by Gasteiger charge is 2.33. The molecule has 1 rings (SSSR count). The van der Waals surface area contributed by atoms with E-state index in [1.54, 1.807) is 0 Å². The van der Waals surface area contributed by atoms with E-state index < -0.39 is 11.7 Å². The molecule has 0 nitrogen and oxygen atoms in total. The highest BCUT2D eigenvalue weighted by atomic mass is 79.9. The van der Waals surface area contributed by atoms with Gasteiger partial charge in [-0.2, -0.15) is 13.2 Å². The zero-order chi connectivity index (χ0) is 10.9. The van der Waals surface area contributed by atoms with Crippen LogP contribution in [0.1, 0.15) is 11.1 Å². The van der Waals surface area contributed by atoms with Gasteiger partial charge in [0.1, 0.15) is 0 Å². The Balaban J connectivity index is 3.35. The van der Waals surface area contributed by atoms with E-state index in [2.05, 4.69) is 47.8 Å². The first-order chi connectivity index (χ1) is 6.36. The number of rotatable bonds is 1. The molecule has 0 saturated carbocycles. The molecule has 0 aliphatic rings. The van der Waals surface area contributed by atoms with Crippen molar-refractivity contribution >= 4 is 47.8 Å². The highest BCUT2D eigenvalue weighted by molar-refractivity contribution is 9.13. The molecular formula is C8H4Br3F3. The lowest BCUT2D eigenvalue weighted by Crippen LogP contribution is -2.08. The second kappa shape index (κ2) is 4.53. The molecule has 0 bridgehead atoms. The van der Waals surface area contributed by atoms with E-state index in [9.17, 15) is 13.2 Å². The standard InChI is InChI=1S/C8H4Br3F3/c9-3-4-1-6(10)7(11)2-5(4)8(12,13)14/h1-2H,3H2. The molecule has 0 aromatic heterocycles. The Labute approximate surface area is 104 Å². The van der Waals surface area contributed by atoms with E-state index >= 15 is 0 Å². The van der Waals surface area contributed by atoms with Crippen LogP contribution in [0.15, 0.2) is 21.1 Å². The molecule has 0 N–H and O–H groups in total. The van der Waals surface area contributed by atoms with Crippen molar-refractivity contribution in [2.75, 3.05) is 0 Å². The van der Waals surface area contributed by atoms with Crippen LogP contribution in [0.4, 0.5) is 13.2 Å². The zero-order valence-electron chi connectivity index (χ0n) is 6.63. The van der Waals surface area contributed by atoms with E-state index in [-0.39, 0.29) is 10.9 Å². The van der Waals surface area contributed by atoms with Crippen LogP contribution < -0.4 is 0 Å². The fourth-order valence-electron chi connectivity index (χ4n) is 0.962. The maximum Gasteiger partial charge on any atom is 0.416 e. The summed E-state index contributed by atoms with van der Waals surface area (Å²) in [6, 6.07) is 2.52. The van der Waals surface area contributed by atoms with Crippen molar-refractivity contribution in [3.63, 3.8) is 0 Å². The van der Waals surface area contributed by atoms with Gasteiger partial charge in [0, 0.05) is 14.3 Å². The summed E-state index contributed by atoms with van der Waals surface area (Å²) in [5.41, 5.74) is -0.406. The van der Waals surface area contributed by atoms with E-state index in [1.807, 2.05) is 0 Å². The number of hydrogen-bond donors (Lipinski definition) is 0. The smallest absolute Gasteiger partial charge is 0.166 e. The normalized spacial score (nSPS) is 11.9. The first-order valence-electron chi connectivity index (χ1n) is 3.47. The van der Waals surface area contributed by atoms with Crippen molar-refractivity contribution in [2.45, 2.75) is 11.5 Å². The van der Waals surface area contributed by atoms with E-state index in [0.29, 0.717) is 8.95 Å². The van der Waals surface area contributed by atoms with Crippen LogP contribution in [0.5, 0.6) is 0 Å². The minimum atomic E-state index is -4.31. The second-order valence-electron chi connectivity index (χ2n) is 2.55. The molecule has 0 heterocycles. The van der Waals surface area contributed by atoms with Crippen molar-refractivity contribution < 1.29 is 13.2 Å². The molecule has 0 saturated heterocycles. The fraction of sp³-hybridized carbons (Fsp3) is 0.250. The van der Waals surface area contributed by atoms with Crippen LogP contribution in [0, 0.1) is 0 Å². The van der Waals surface area contributed by atoms with Crippen LogP contribution >= 0.6 is 47.8 Å². The number of alkyl halides is 4. The summed E-state index contributed by atoms with van der Waals surface area (Å²) in [6.07, 6.45) is -4.31. The highest BCUT2D eigenvalue weighted by Crippen LogP contribution is 2.37. The molecule has 0 radical (unpaired) electrons. The molecule has 0 fully saturated rings. The van der Waals surface area contributed by atoms with Gasteiger partial charge in [0.05, 0.1) is 5.56 Å². The lowest BCUT2D eigenvalue weighted by atomic mass is 10.1. The van der Waals surface area contributed by atoms with Gasteiger partial charge in [-0.25, -0.2) is 0 Å². The minimum absolute atomic E-state index is 0.174.